The lowest BCUT2D eigenvalue weighted by atomic mass is 10.1. The SMILES string of the molecule is CCn1c(S[C@@H](C)C(=O)c2ccc(OC)cc2)nnc1-c1ccoc1C. The molecule has 0 bridgehead atoms. The van der Waals surface area contributed by atoms with Crippen LogP contribution in [0.3, 0.4) is 0 Å². The molecule has 0 N–H and O–H groups in total. The molecule has 3 aromatic rings. The number of nitrogens with zero attached hydrogens (tertiary/aromatic N) is 3. The maximum atomic E-state index is 12.7. The van der Waals surface area contributed by atoms with Crippen molar-refractivity contribution < 1.29 is 13.9 Å². The van der Waals surface area contributed by atoms with E-state index in [4.69, 9.17) is 9.15 Å². The number of carbonyl (C=O) groups is 1. The number of ether oxygens (including phenoxy) is 1. The fourth-order valence-corrected chi connectivity index (χ4v) is 3.67. The van der Waals surface area contributed by atoms with E-state index < -0.39 is 0 Å². The lowest BCUT2D eigenvalue weighted by Gasteiger charge is -2.12. The van der Waals surface area contributed by atoms with Crippen molar-refractivity contribution >= 4 is 17.5 Å². The van der Waals surface area contributed by atoms with Gasteiger partial charge in [0.1, 0.15) is 11.5 Å². The molecule has 136 valence electrons. The summed E-state index contributed by atoms with van der Waals surface area (Å²) in [4.78, 5) is 12.7. The summed E-state index contributed by atoms with van der Waals surface area (Å²) in [6, 6.07) is 9.02. The molecule has 0 saturated carbocycles. The second kappa shape index (κ2) is 7.78. The van der Waals surface area contributed by atoms with Crippen molar-refractivity contribution in [3.8, 4) is 17.1 Å². The van der Waals surface area contributed by atoms with Gasteiger partial charge in [-0.15, -0.1) is 10.2 Å². The fraction of sp³-hybridized carbons (Fsp3) is 0.316. The number of ketones is 1. The number of thioether (sulfide) groups is 1. The first-order valence-corrected chi connectivity index (χ1v) is 9.25. The molecule has 1 aromatic carbocycles. The molecular formula is C19H21N3O3S. The highest BCUT2D eigenvalue weighted by Gasteiger charge is 2.22. The second-order valence-corrected chi connectivity index (χ2v) is 7.10. The van der Waals surface area contributed by atoms with Crippen molar-refractivity contribution in [3.63, 3.8) is 0 Å². The fourth-order valence-electron chi connectivity index (χ4n) is 2.68. The van der Waals surface area contributed by atoms with Crippen molar-refractivity contribution in [1.82, 2.24) is 14.8 Å². The molecule has 0 saturated heterocycles. The molecule has 0 aliphatic carbocycles. The summed E-state index contributed by atoms with van der Waals surface area (Å²) in [5, 5.41) is 9.03. The summed E-state index contributed by atoms with van der Waals surface area (Å²) in [6.07, 6.45) is 1.64. The number of benzene rings is 1. The quantitative estimate of drug-likeness (QED) is 0.457. The van der Waals surface area contributed by atoms with Gasteiger partial charge in [0.15, 0.2) is 16.8 Å². The Hall–Kier alpha value is -2.54. The standard InChI is InChI=1S/C19H21N3O3S/c1-5-22-18(16-10-11-25-12(16)2)20-21-19(22)26-13(3)17(23)14-6-8-15(24-4)9-7-14/h6-11,13H,5H2,1-4H3/t13-/m0/s1. The van der Waals surface area contributed by atoms with Gasteiger partial charge in [-0.2, -0.15) is 0 Å². The molecule has 0 unspecified atom stereocenters. The molecule has 2 aromatic heterocycles. The molecule has 3 rings (SSSR count). The molecular weight excluding hydrogens is 350 g/mol. The Labute approximate surface area is 156 Å². The molecule has 2 heterocycles. The second-order valence-electron chi connectivity index (χ2n) is 5.79. The van der Waals surface area contributed by atoms with E-state index in [1.54, 1.807) is 37.6 Å². The molecule has 0 aliphatic heterocycles. The van der Waals surface area contributed by atoms with E-state index in [2.05, 4.69) is 10.2 Å². The van der Waals surface area contributed by atoms with E-state index in [0.717, 1.165) is 28.1 Å². The van der Waals surface area contributed by atoms with Crippen molar-refractivity contribution in [2.45, 2.75) is 37.7 Å². The summed E-state index contributed by atoms with van der Waals surface area (Å²) in [5.41, 5.74) is 1.57. The van der Waals surface area contributed by atoms with Gasteiger partial charge in [-0.1, -0.05) is 11.8 Å². The third-order valence-corrected chi connectivity index (χ3v) is 5.24. The van der Waals surface area contributed by atoms with Gasteiger partial charge in [0.05, 0.1) is 24.2 Å². The van der Waals surface area contributed by atoms with Gasteiger partial charge < -0.3 is 13.7 Å². The van der Waals surface area contributed by atoms with Crippen molar-refractivity contribution in [2.75, 3.05) is 7.11 Å². The molecule has 1 atom stereocenters. The predicted octanol–water partition coefficient (Wildman–Crippen LogP) is 4.24. The van der Waals surface area contributed by atoms with Crippen LogP contribution in [0, 0.1) is 6.92 Å². The van der Waals surface area contributed by atoms with E-state index in [-0.39, 0.29) is 11.0 Å². The third kappa shape index (κ3) is 3.53. The van der Waals surface area contributed by atoms with Crippen LogP contribution >= 0.6 is 11.8 Å². The Morgan fingerprint density at radius 1 is 1.27 bits per heavy atom. The Balaban J connectivity index is 1.80. The zero-order valence-electron chi connectivity index (χ0n) is 15.2. The molecule has 6 nitrogen and oxygen atoms in total. The smallest absolute Gasteiger partial charge is 0.192 e. The lowest BCUT2D eigenvalue weighted by molar-refractivity contribution is 0.0994. The van der Waals surface area contributed by atoms with E-state index in [1.807, 2.05) is 31.4 Å². The summed E-state index contributed by atoms with van der Waals surface area (Å²) in [7, 11) is 1.60. The average Bonchev–Trinajstić information content (AvgIpc) is 3.26. The minimum atomic E-state index is -0.281. The van der Waals surface area contributed by atoms with E-state index >= 15 is 0 Å². The van der Waals surface area contributed by atoms with Gasteiger partial charge in [0, 0.05) is 12.1 Å². The first-order chi connectivity index (χ1) is 12.5. The Morgan fingerprint density at radius 3 is 2.58 bits per heavy atom. The van der Waals surface area contributed by atoms with Crippen LogP contribution in [0.4, 0.5) is 0 Å². The highest BCUT2D eigenvalue weighted by molar-refractivity contribution is 8.00. The molecule has 0 radical (unpaired) electrons. The zero-order chi connectivity index (χ0) is 18.7. The van der Waals surface area contributed by atoms with E-state index in [9.17, 15) is 4.79 Å². The Morgan fingerprint density at radius 2 is 2.00 bits per heavy atom. The topological polar surface area (TPSA) is 70.2 Å². The van der Waals surface area contributed by atoms with Crippen molar-refractivity contribution in [1.29, 1.82) is 0 Å². The first-order valence-electron chi connectivity index (χ1n) is 8.37. The van der Waals surface area contributed by atoms with Crippen molar-refractivity contribution in [2.24, 2.45) is 0 Å². The number of rotatable bonds is 7. The van der Waals surface area contributed by atoms with E-state index in [0.29, 0.717) is 12.1 Å². The third-order valence-electron chi connectivity index (χ3n) is 4.16. The van der Waals surface area contributed by atoms with Gasteiger partial charge in [0.25, 0.3) is 0 Å². The number of carbonyl (C=O) groups excluding carboxylic acids is 1. The Kier molecular flexibility index (Phi) is 5.46. The summed E-state index contributed by atoms with van der Waals surface area (Å²) in [5.74, 6) is 2.33. The van der Waals surface area contributed by atoms with Crippen molar-refractivity contribution in [3.05, 3.63) is 47.9 Å². The monoisotopic (exact) mass is 371 g/mol. The molecule has 0 fully saturated rings. The minimum Gasteiger partial charge on any atom is -0.497 e. The summed E-state index contributed by atoms with van der Waals surface area (Å²) < 4.78 is 12.5. The van der Waals surface area contributed by atoms with Gasteiger partial charge in [-0.3, -0.25) is 4.79 Å². The number of aromatic nitrogens is 3. The van der Waals surface area contributed by atoms with Crippen LogP contribution in [-0.2, 0) is 6.54 Å². The van der Waals surface area contributed by atoms with Crippen LogP contribution in [-0.4, -0.2) is 32.9 Å². The molecule has 0 aliphatic rings. The van der Waals surface area contributed by atoms with Gasteiger partial charge >= 0.3 is 0 Å². The Bertz CT molecular complexity index is 899. The van der Waals surface area contributed by atoms with Gasteiger partial charge in [0.2, 0.25) is 0 Å². The molecule has 7 heteroatoms. The van der Waals surface area contributed by atoms with Gasteiger partial charge in [-0.25, -0.2) is 0 Å². The lowest BCUT2D eigenvalue weighted by Crippen LogP contribution is -2.14. The average molecular weight is 371 g/mol. The van der Waals surface area contributed by atoms with Crippen LogP contribution in [0.25, 0.3) is 11.4 Å². The number of furan rings is 1. The normalized spacial score (nSPS) is 12.2. The van der Waals surface area contributed by atoms with Crippen LogP contribution < -0.4 is 4.74 Å². The first kappa shape index (κ1) is 18.3. The van der Waals surface area contributed by atoms with Crippen LogP contribution in [0.2, 0.25) is 0 Å². The molecule has 26 heavy (non-hydrogen) atoms. The maximum absolute atomic E-state index is 12.7. The highest BCUT2D eigenvalue weighted by atomic mass is 32.2. The van der Waals surface area contributed by atoms with Crippen LogP contribution in [0.15, 0.2) is 46.2 Å². The predicted molar refractivity (Wildman–Crippen MR) is 101 cm³/mol. The number of hydrogen-bond donors (Lipinski definition) is 0. The summed E-state index contributed by atoms with van der Waals surface area (Å²) in [6.45, 7) is 6.52. The zero-order valence-corrected chi connectivity index (χ0v) is 16.0. The number of Topliss-reactive ketones (excluding diaryl/α,β-unsaturated/α-hetero) is 1. The highest BCUT2D eigenvalue weighted by Crippen LogP contribution is 2.30. The summed E-state index contributed by atoms with van der Waals surface area (Å²) >= 11 is 1.41. The maximum Gasteiger partial charge on any atom is 0.192 e. The van der Waals surface area contributed by atoms with Crippen LogP contribution in [0.5, 0.6) is 5.75 Å². The number of hydrogen-bond acceptors (Lipinski definition) is 6. The largest absolute Gasteiger partial charge is 0.497 e. The minimum absolute atomic E-state index is 0.0457. The van der Waals surface area contributed by atoms with E-state index in [1.165, 1.54) is 11.8 Å². The molecule has 0 amide bonds. The number of methoxy groups -OCH3 is 1. The molecule has 0 spiro atoms. The van der Waals surface area contributed by atoms with Gasteiger partial charge in [-0.05, 0) is 51.1 Å². The number of aryl methyl sites for hydroxylation is 1. The van der Waals surface area contributed by atoms with Crippen LogP contribution in [0.1, 0.15) is 30.0 Å².